The van der Waals surface area contributed by atoms with Crippen LogP contribution in [0.4, 0.5) is 0 Å². The number of epoxide rings is 1. The second kappa shape index (κ2) is 9.23. The Labute approximate surface area is 214 Å². The van der Waals surface area contributed by atoms with Crippen LogP contribution in [0, 0.1) is 10.8 Å². The molecular weight excluding hydrogens is 492 g/mol. The molecule has 12 heteroatoms. The minimum atomic E-state index is -1.65. The quantitative estimate of drug-likeness (QED) is 0.187. The average molecular weight is 529 g/mol. The maximum absolute atomic E-state index is 12.4. The summed E-state index contributed by atoms with van der Waals surface area (Å²) in [5, 5.41) is 40.7. The fourth-order valence-electron chi connectivity index (χ4n) is 7.05. The molecular formula is C25H36O12. The molecule has 4 fully saturated rings. The van der Waals surface area contributed by atoms with E-state index in [4.69, 9.17) is 28.4 Å². The Morgan fingerprint density at radius 3 is 2.41 bits per heavy atom. The van der Waals surface area contributed by atoms with Crippen LogP contribution in [0.15, 0.2) is 11.6 Å². The van der Waals surface area contributed by atoms with E-state index < -0.39 is 90.1 Å². The summed E-state index contributed by atoms with van der Waals surface area (Å²) in [6, 6.07) is 0. The van der Waals surface area contributed by atoms with Crippen molar-refractivity contribution in [3.8, 4) is 0 Å². The summed E-state index contributed by atoms with van der Waals surface area (Å²) in [5.74, 6) is -1.02. The number of aliphatic hydroxyl groups is 4. The number of hydrogen-bond donors (Lipinski definition) is 4. The van der Waals surface area contributed by atoms with Gasteiger partial charge in [0.1, 0.15) is 54.9 Å². The lowest BCUT2D eigenvalue weighted by atomic mass is 9.51. The molecule has 0 amide bonds. The largest absolute Gasteiger partial charge is 0.465 e. The topological polar surface area (TPSA) is 174 Å². The van der Waals surface area contributed by atoms with E-state index in [1.165, 1.54) is 13.8 Å². The van der Waals surface area contributed by atoms with Gasteiger partial charge in [-0.1, -0.05) is 18.6 Å². The van der Waals surface area contributed by atoms with Crippen LogP contribution in [-0.4, -0.2) is 113 Å². The van der Waals surface area contributed by atoms with Gasteiger partial charge < -0.3 is 48.8 Å². The third kappa shape index (κ3) is 3.80. The van der Waals surface area contributed by atoms with Gasteiger partial charge in [-0.05, 0) is 19.8 Å². The van der Waals surface area contributed by atoms with Gasteiger partial charge in [-0.3, -0.25) is 9.59 Å². The van der Waals surface area contributed by atoms with Gasteiger partial charge in [0.2, 0.25) is 0 Å². The maximum atomic E-state index is 12.4. The Morgan fingerprint density at radius 1 is 1.11 bits per heavy atom. The Bertz CT molecular complexity index is 961. The molecule has 5 rings (SSSR count). The van der Waals surface area contributed by atoms with E-state index >= 15 is 0 Å². The van der Waals surface area contributed by atoms with Gasteiger partial charge in [-0.2, -0.15) is 0 Å². The molecule has 0 aromatic heterocycles. The highest BCUT2D eigenvalue weighted by Crippen LogP contribution is 2.72. The van der Waals surface area contributed by atoms with Crippen LogP contribution in [-0.2, 0) is 38.0 Å². The average Bonchev–Trinajstić information content (AvgIpc) is 3.63. The molecule has 0 aromatic rings. The molecule has 1 spiro atoms. The molecule has 3 saturated heterocycles. The van der Waals surface area contributed by atoms with E-state index in [2.05, 4.69) is 0 Å². The van der Waals surface area contributed by atoms with Crippen LogP contribution in [0.3, 0.4) is 0 Å². The van der Waals surface area contributed by atoms with Crippen LogP contribution >= 0.6 is 0 Å². The molecule has 2 bridgehead atoms. The molecule has 37 heavy (non-hydrogen) atoms. The first-order valence-corrected chi connectivity index (χ1v) is 12.6. The minimum Gasteiger partial charge on any atom is -0.465 e. The summed E-state index contributed by atoms with van der Waals surface area (Å²) >= 11 is 0. The number of ether oxygens (including phenoxy) is 6. The van der Waals surface area contributed by atoms with Crippen molar-refractivity contribution in [2.45, 2.75) is 101 Å². The molecule has 3 heterocycles. The predicted molar refractivity (Wildman–Crippen MR) is 122 cm³/mol. The molecule has 4 N–H and O–H groups in total. The lowest BCUT2D eigenvalue weighted by Gasteiger charge is -2.58. The first-order chi connectivity index (χ1) is 17.4. The highest BCUT2D eigenvalue weighted by atomic mass is 16.7. The molecule has 208 valence electrons. The number of allylic oxidation sites excluding steroid dienone is 1. The van der Waals surface area contributed by atoms with Crippen molar-refractivity contribution in [1.29, 1.82) is 0 Å². The first kappa shape index (κ1) is 26.9. The van der Waals surface area contributed by atoms with Gasteiger partial charge in [0.25, 0.3) is 0 Å². The number of aliphatic hydroxyl groups excluding tert-OH is 4. The van der Waals surface area contributed by atoms with Crippen LogP contribution in [0.5, 0.6) is 0 Å². The Hall–Kier alpha value is -1.64. The number of esters is 2. The molecule has 0 aromatic carbocycles. The summed E-state index contributed by atoms with van der Waals surface area (Å²) in [6.07, 6.45) is -7.45. The Balaban J connectivity index is 1.57. The van der Waals surface area contributed by atoms with Gasteiger partial charge in [-0.15, -0.1) is 0 Å². The number of rotatable bonds is 6. The third-order valence-corrected chi connectivity index (χ3v) is 9.20. The zero-order chi connectivity index (χ0) is 26.9. The SMILES string of the molecule is CC(=O)OC[C@]12CCC(C)=C[C@H]1O[C@@H]1[C@H](O[C@@H]3O[C@H](CO)[C@@H](O)[C@H](O)[C@H]3O)[C@@H](OC(C)=O)[C@@]2(C)[C@]12CO2. The lowest BCUT2D eigenvalue weighted by Crippen LogP contribution is -2.66. The minimum absolute atomic E-state index is 0.00956. The van der Waals surface area contributed by atoms with E-state index in [-0.39, 0.29) is 13.2 Å². The predicted octanol–water partition coefficient (Wildman–Crippen LogP) is -1.05. The van der Waals surface area contributed by atoms with Gasteiger partial charge in [-0.25, -0.2) is 0 Å². The zero-order valence-corrected chi connectivity index (χ0v) is 21.4. The molecule has 0 unspecified atom stereocenters. The molecule has 5 aliphatic rings. The fourth-order valence-corrected chi connectivity index (χ4v) is 7.05. The molecule has 3 aliphatic heterocycles. The number of fused-ring (bicyclic) bond motifs is 2. The standard InChI is InChI=1S/C25H36O12/c1-11-5-6-24(9-32-12(2)27)15(7-11)36-21-19(20(34-13(3)28)23(24,4)25(21)10-33-25)37-22-18(31)17(30)16(29)14(8-26)35-22/h7,14-22,26,29-31H,5-6,8-10H2,1-4H3/t14-,15-,16-,17+,18-,19-,20-,21-,22+,23-,24-,25+/m1/s1. The smallest absolute Gasteiger partial charge is 0.303 e. The Kier molecular flexibility index (Phi) is 6.72. The Morgan fingerprint density at radius 2 is 1.81 bits per heavy atom. The monoisotopic (exact) mass is 528 g/mol. The fraction of sp³-hybridized carbons (Fsp3) is 0.840. The summed E-state index contributed by atoms with van der Waals surface area (Å²) < 4.78 is 36.0. The van der Waals surface area contributed by atoms with Gasteiger partial charge in [0.15, 0.2) is 6.29 Å². The highest BCUT2D eigenvalue weighted by molar-refractivity contribution is 5.67. The van der Waals surface area contributed by atoms with Crippen molar-refractivity contribution in [1.82, 2.24) is 0 Å². The number of carbonyl (C=O) groups excluding carboxylic acids is 2. The molecule has 2 aliphatic carbocycles. The molecule has 12 atom stereocenters. The van der Waals surface area contributed by atoms with Gasteiger partial charge in [0.05, 0.1) is 24.7 Å². The zero-order valence-electron chi connectivity index (χ0n) is 21.4. The summed E-state index contributed by atoms with van der Waals surface area (Å²) in [7, 11) is 0. The van der Waals surface area contributed by atoms with Crippen molar-refractivity contribution in [3.63, 3.8) is 0 Å². The lowest BCUT2D eigenvalue weighted by molar-refractivity contribution is -0.322. The third-order valence-electron chi connectivity index (χ3n) is 9.20. The highest BCUT2D eigenvalue weighted by Gasteiger charge is 2.86. The summed E-state index contributed by atoms with van der Waals surface area (Å²) in [5.41, 5.74) is -1.58. The van der Waals surface area contributed by atoms with E-state index in [1.54, 1.807) is 0 Å². The number of carbonyl (C=O) groups is 2. The summed E-state index contributed by atoms with van der Waals surface area (Å²) in [4.78, 5) is 24.3. The summed E-state index contributed by atoms with van der Waals surface area (Å²) in [6.45, 7) is 6.21. The van der Waals surface area contributed by atoms with Crippen molar-refractivity contribution in [2.75, 3.05) is 19.8 Å². The number of hydrogen-bond acceptors (Lipinski definition) is 12. The normalized spacial score (nSPS) is 50.3. The van der Waals surface area contributed by atoms with Crippen LogP contribution in [0.1, 0.15) is 40.5 Å². The van der Waals surface area contributed by atoms with E-state index in [9.17, 15) is 30.0 Å². The molecule has 1 saturated carbocycles. The molecule has 12 nitrogen and oxygen atoms in total. The van der Waals surface area contributed by atoms with E-state index in [0.29, 0.717) is 12.8 Å². The van der Waals surface area contributed by atoms with Crippen molar-refractivity contribution in [3.05, 3.63) is 11.6 Å². The maximum Gasteiger partial charge on any atom is 0.303 e. The van der Waals surface area contributed by atoms with Gasteiger partial charge in [0, 0.05) is 19.3 Å². The van der Waals surface area contributed by atoms with Crippen LogP contribution in [0.25, 0.3) is 0 Å². The van der Waals surface area contributed by atoms with Crippen molar-refractivity contribution >= 4 is 11.9 Å². The van der Waals surface area contributed by atoms with Crippen molar-refractivity contribution < 1.29 is 58.4 Å². The second-order valence-corrected chi connectivity index (χ2v) is 11.1. The molecule has 0 radical (unpaired) electrons. The van der Waals surface area contributed by atoms with Crippen molar-refractivity contribution in [2.24, 2.45) is 10.8 Å². The van der Waals surface area contributed by atoms with Gasteiger partial charge >= 0.3 is 11.9 Å². The second-order valence-electron chi connectivity index (χ2n) is 11.1. The van der Waals surface area contributed by atoms with E-state index in [1.807, 2.05) is 19.9 Å². The van der Waals surface area contributed by atoms with Crippen LogP contribution < -0.4 is 0 Å². The van der Waals surface area contributed by atoms with Crippen LogP contribution in [0.2, 0.25) is 0 Å². The first-order valence-electron chi connectivity index (χ1n) is 12.6. The van der Waals surface area contributed by atoms with E-state index in [0.717, 1.165) is 5.57 Å².